The Morgan fingerprint density at radius 2 is 2.19 bits per heavy atom. The number of halogens is 1. The maximum absolute atomic E-state index is 6.10. The molecule has 0 saturated carbocycles. The number of aromatic nitrogens is 3. The van der Waals surface area contributed by atoms with Crippen LogP contribution in [0.4, 0.5) is 0 Å². The maximum atomic E-state index is 6.10. The molecule has 4 nitrogen and oxygen atoms in total. The van der Waals surface area contributed by atoms with Gasteiger partial charge in [0.05, 0.1) is 11.7 Å². The van der Waals surface area contributed by atoms with Gasteiger partial charge in [-0.1, -0.05) is 15.9 Å². The molecular formula is C16H13BrN4. The van der Waals surface area contributed by atoms with Crippen LogP contribution in [0, 0.1) is 0 Å². The predicted molar refractivity (Wildman–Crippen MR) is 87.4 cm³/mol. The molecule has 2 N–H and O–H groups in total. The Morgan fingerprint density at radius 1 is 1.29 bits per heavy atom. The molecule has 0 fully saturated rings. The van der Waals surface area contributed by atoms with Crippen LogP contribution in [-0.4, -0.2) is 20.6 Å². The lowest BCUT2D eigenvalue weighted by atomic mass is 9.96. The van der Waals surface area contributed by atoms with Crippen molar-refractivity contribution in [3.05, 3.63) is 58.6 Å². The molecule has 3 aromatic rings. The molecule has 0 amide bonds. The van der Waals surface area contributed by atoms with Crippen LogP contribution in [0.2, 0.25) is 0 Å². The highest BCUT2D eigenvalue weighted by Crippen LogP contribution is 2.28. The monoisotopic (exact) mass is 340 g/mol. The van der Waals surface area contributed by atoms with Crippen molar-refractivity contribution in [2.45, 2.75) is 12.5 Å². The van der Waals surface area contributed by atoms with E-state index in [1.807, 2.05) is 24.7 Å². The molecule has 1 aliphatic carbocycles. The van der Waals surface area contributed by atoms with E-state index < -0.39 is 0 Å². The number of fused-ring (bicyclic) bond motifs is 2. The summed E-state index contributed by atoms with van der Waals surface area (Å²) in [7, 11) is 0. The minimum absolute atomic E-state index is 0.0239. The van der Waals surface area contributed by atoms with Gasteiger partial charge in [0, 0.05) is 34.5 Å². The minimum Gasteiger partial charge on any atom is -0.323 e. The highest BCUT2D eigenvalue weighted by molar-refractivity contribution is 9.11. The zero-order valence-electron chi connectivity index (χ0n) is 11.2. The van der Waals surface area contributed by atoms with Crippen molar-refractivity contribution in [3.8, 4) is 5.82 Å². The molecule has 1 atom stereocenters. The van der Waals surface area contributed by atoms with Gasteiger partial charge >= 0.3 is 0 Å². The van der Waals surface area contributed by atoms with Crippen LogP contribution in [0.3, 0.4) is 0 Å². The van der Waals surface area contributed by atoms with Crippen LogP contribution in [-0.2, 0) is 6.42 Å². The van der Waals surface area contributed by atoms with Gasteiger partial charge in [-0.3, -0.25) is 9.55 Å². The summed E-state index contributed by atoms with van der Waals surface area (Å²) in [6, 6.07) is 6.20. The second kappa shape index (κ2) is 4.79. The molecule has 0 aromatic carbocycles. The van der Waals surface area contributed by atoms with Crippen LogP contribution in [0.1, 0.15) is 11.1 Å². The first-order valence-electron chi connectivity index (χ1n) is 6.75. The van der Waals surface area contributed by atoms with Crippen LogP contribution in [0.25, 0.3) is 22.8 Å². The number of nitrogens with two attached hydrogens (primary N) is 1. The van der Waals surface area contributed by atoms with Gasteiger partial charge in [-0.05, 0) is 41.8 Å². The van der Waals surface area contributed by atoms with E-state index in [4.69, 9.17) is 5.73 Å². The Morgan fingerprint density at radius 3 is 3.10 bits per heavy atom. The van der Waals surface area contributed by atoms with Crippen molar-refractivity contribution in [3.63, 3.8) is 0 Å². The molecule has 0 radical (unpaired) electrons. The lowest BCUT2D eigenvalue weighted by Crippen LogP contribution is -2.26. The third-order valence-electron chi connectivity index (χ3n) is 3.84. The van der Waals surface area contributed by atoms with Crippen molar-refractivity contribution >= 4 is 32.9 Å². The molecule has 0 aliphatic heterocycles. The van der Waals surface area contributed by atoms with E-state index in [0.29, 0.717) is 0 Å². The van der Waals surface area contributed by atoms with Gasteiger partial charge in [-0.2, -0.15) is 0 Å². The summed E-state index contributed by atoms with van der Waals surface area (Å²) in [4.78, 5) is 8.77. The van der Waals surface area contributed by atoms with Gasteiger partial charge in [-0.15, -0.1) is 0 Å². The standard InChI is InChI=1S/C16H13BrN4/c17-13-5-12-8-20-16(7-11(12)6-14(13)18)21-4-2-10-1-3-19-9-15(10)21/h1-5,7-9,14H,6,18H2. The van der Waals surface area contributed by atoms with E-state index >= 15 is 0 Å². The normalized spacial score (nSPS) is 17.6. The van der Waals surface area contributed by atoms with Gasteiger partial charge in [0.1, 0.15) is 5.82 Å². The van der Waals surface area contributed by atoms with E-state index in [1.165, 1.54) is 5.56 Å². The summed E-state index contributed by atoms with van der Waals surface area (Å²) in [5.41, 5.74) is 9.51. The van der Waals surface area contributed by atoms with Crippen LogP contribution in [0.5, 0.6) is 0 Å². The topological polar surface area (TPSA) is 56.7 Å². The zero-order chi connectivity index (χ0) is 14.4. The molecule has 4 rings (SSSR count). The zero-order valence-corrected chi connectivity index (χ0v) is 12.8. The Labute approximate surface area is 130 Å². The molecular weight excluding hydrogens is 328 g/mol. The highest BCUT2D eigenvalue weighted by atomic mass is 79.9. The summed E-state index contributed by atoms with van der Waals surface area (Å²) in [6.07, 6.45) is 10.5. The third kappa shape index (κ3) is 2.09. The molecule has 0 bridgehead atoms. The molecule has 0 saturated heterocycles. The smallest absolute Gasteiger partial charge is 0.137 e. The molecule has 0 spiro atoms. The van der Waals surface area contributed by atoms with Gasteiger partial charge in [0.2, 0.25) is 0 Å². The lowest BCUT2D eigenvalue weighted by molar-refractivity contribution is 0.790. The second-order valence-electron chi connectivity index (χ2n) is 5.20. The molecule has 1 aliphatic rings. The Hall–Kier alpha value is -1.98. The van der Waals surface area contributed by atoms with Gasteiger partial charge in [0.25, 0.3) is 0 Å². The average molecular weight is 341 g/mol. The van der Waals surface area contributed by atoms with Gasteiger partial charge in [-0.25, -0.2) is 4.98 Å². The minimum atomic E-state index is 0.0239. The highest BCUT2D eigenvalue weighted by Gasteiger charge is 2.17. The van der Waals surface area contributed by atoms with Gasteiger partial charge < -0.3 is 5.73 Å². The van der Waals surface area contributed by atoms with Crippen molar-refractivity contribution < 1.29 is 0 Å². The second-order valence-corrected chi connectivity index (χ2v) is 6.12. The molecule has 3 aromatic heterocycles. The fourth-order valence-corrected chi connectivity index (χ4v) is 3.11. The fraction of sp³-hybridized carbons (Fsp3) is 0.125. The largest absolute Gasteiger partial charge is 0.323 e. The average Bonchev–Trinajstić information content (AvgIpc) is 2.92. The first kappa shape index (κ1) is 12.7. The molecule has 104 valence electrons. The third-order valence-corrected chi connectivity index (χ3v) is 4.66. The van der Waals surface area contributed by atoms with E-state index in [1.54, 1.807) is 6.20 Å². The Bertz CT molecular complexity index is 866. The van der Waals surface area contributed by atoms with Crippen molar-refractivity contribution in [1.82, 2.24) is 14.5 Å². The summed E-state index contributed by atoms with van der Waals surface area (Å²) >= 11 is 3.51. The number of hydrogen-bond acceptors (Lipinski definition) is 3. The maximum Gasteiger partial charge on any atom is 0.137 e. The summed E-state index contributed by atoms with van der Waals surface area (Å²) in [6.45, 7) is 0. The quantitative estimate of drug-likeness (QED) is 0.740. The first-order valence-corrected chi connectivity index (χ1v) is 7.55. The van der Waals surface area contributed by atoms with Crippen molar-refractivity contribution in [2.24, 2.45) is 5.73 Å². The van der Waals surface area contributed by atoms with Gasteiger partial charge in [0.15, 0.2) is 0 Å². The SMILES string of the molecule is NC1Cc2cc(-n3ccc4ccncc43)ncc2C=C1Br. The predicted octanol–water partition coefficient (Wildman–Crippen LogP) is 3.04. The number of pyridine rings is 2. The number of rotatable bonds is 1. The van der Waals surface area contributed by atoms with E-state index in [-0.39, 0.29) is 6.04 Å². The van der Waals surface area contributed by atoms with Crippen LogP contribution >= 0.6 is 15.9 Å². The molecule has 21 heavy (non-hydrogen) atoms. The Kier molecular flexibility index (Phi) is 2.90. The fourth-order valence-electron chi connectivity index (χ4n) is 2.70. The van der Waals surface area contributed by atoms with Crippen molar-refractivity contribution in [2.75, 3.05) is 0 Å². The first-order chi connectivity index (χ1) is 10.2. The summed E-state index contributed by atoms with van der Waals surface area (Å²) in [5.74, 6) is 0.898. The van der Waals surface area contributed by atoms with Crippen LogP contribution in [0.15, 0.2) is 47.5 Å². The van der Waals surface area contributed by atoms with Crippen molar-refractivity contribution in [1.29, 1.82) is 0 Å². The summed E-state index contributed by atoms with van der Waals surface area (Å²) < 4.78 is 3.08. The molecule has 1 unspecified atom stereocenters. The summed E-state index contributed by atoms with van der Waals surface area (Å²) in [5, 5.41) is 1.16. The number of hydrogen-bond donors (Lipinski definition) is 1. The van der Waals surface area contributed by atoms with E-state index in [0.717, 1.165) is 33.2 Å². The molecule has 5 heteroatoms. The number of nitrogens with zero attached hydrogens (tertiary/aromatic N) is 3. The van der Waals surface area contributed by atoms with E-state index in [2.05, 4.69) is 48.7 Å². The van der Waals surface area contributed by atoms with Crippen LogP contribution < -0.4 is 5.73 Å². The van der Waals surface area contributed by atoms with E-state index in [9.17, 15) is 0 Å². The Balaban J connectivity index is 1.86. The molecule has 3 heterocycles. The lowest BCUT2D eigenvalue weighted by Gasteiger charge is -2.19.